The van der Waals surface area contributed by atoms with E-state index in [1.165, 1.54) is 17.9 Å². The van der Waals surface area contributed by atoms with E-state index in [4.69, 9.17) is 21.7 Å². The molecule has 0 unspecified atom stereocenters. The molecule has 3 rings (SSSR count). The summed E-state index contributed by atoms with van der Waals surface area (Å²) in [6.07, 6.45) is 1.60. The van der Waals surface area contributed by atoms with Gasteiger partial charge in [0.15, 0.2) is 17.3 Å². The number of methoxy groups -OCH3 is 1. The second kappa shape index (κ2) is 7.63. The minimum atomic E-state index is 0.0662. The van der Waals surface area contributed by atoms with E-state index in [2.05, 4.69) is 15.3 Å². The second-order valence-corrected chi connectivity index (χ2v) is 5.42. The summed E-state index contributed by atoms with van der Waals surface area (Å²) in [4.78, 5) is 0. The minimum Gasteiger partial charge on any atom is -0.504 e. The van der Waals surface area contributed by atoms with Gasteiger partial charge in [-0.2, -0.15) is 14.9 Å². The molecule has 0 aliphatic rings. The fraction of sp³-hybridized carbons (Fsp3) is 0.118. The van der Waals surface area contributed by atoms with Gasteiger partial charge in [0, 0.05) is 0 Å². The molecule has 0 spiro atoms. The summed E-state index contributed by atoms with van der Waals surface area (Å²) >= 11 is 5.20. The summed E-state index contributed by atoms with van der Waals surface area (Å²) in [6.45, 7) is 0.216. The number of nitrogens with one attached hydrogen (secondary N) is 1. The summed E-state index contributed by atoms with van der Waals surface area (Å²) in [5, 5.41) is 20.8. The van der Waals surface area contributed by atoms with Crippen molar-refractivity contribution in [1.29, 1.82) is 0 Å². The van der Waals surface area contributed by atoms with E-state index in [1.807, 2.05) is 30.3 Å². The van der Waals surface area contributed by atoms with Crippen LogP contribution in [0.1, 0.15) is 11.4 Å². The number of nitrogens with zero attached hydrogens (tertiary/aromatic N) is 3. The van der Waals surface area contributed by atoms with Gasteiger partial charge in [0.05, 0.1) is 13.3 Å². The van der Waals surface area contributed by atoms with E-state index in [0.717, 1.165) is 11.3 Å². The van der Waals surface area contributed by atoms with Crippen molar-refractivity contribution >= 4 is 18.4 Å². The average Bonchev–Trinajstić information content (AvgIpc) is 3.00. The lowest BCUT2D eigenvalue weighted by Crippen LogP contribution is -2.04. The van der Waals surface area contributed by atoms with Crippen LogP contribution in [0.4, 0.5) is 0 Å². The Bertz CT molecular complexity index is 935. The Morgan fingerprint density at radius 3 is 2.84 bits per heavy atom. The minimum absolute atomic E-state index is 0.0662. The summed E-state index contributed by atoms with van der Waals surface area (Å²) in [5.41, 5.74) is 0.743. The van der Waals surface area contributed by atoms with Crippen LogP contribution >= 0.6 is 12.2 Å². The molecular weight excluding hydrogens is 340 g/mol. The molecule has 0 amide bonds. The van der Waals surface area contributed by atoms with E-state index >= 15 is 0 Å². The van der Waals surface area contributed by atoms with Crippen molar-refractivity contribution in [2.45, 2.75) is 6.61 Å². The van der Waals surface area contributed by atoms with Gasteiger partial charge in [-0.3, -0.25) is 0 Å². The standard InChI is InChI=1S/C17H16N4O3S/c1-23-15-9-12(7-8-14(15)22)10-18-21-16(19-20-17(21)25)11-24-13-5-3-2-4-6-13/h2-10,22H,11H2,1H3,(H,20,25)/b18-10-. The summed E-state index contributed by atoms with van der Waals surface area (Å²) in [5.74, 6) is 1.70. The lowest BCUT2D eigenvalue weighted by Gasteiger charge is -2.05. The van der Waals surface area contributed by atoms with Gasteiger partial charge in [0.2, 0.25) is 4.77 Å². The Labute approximate surface area is 149 Å². The van der Waals surface area contributed by atoms with Crippen molar-refractivity contribution in [3.05, 3.63) is 64.7 Å². The molecule has 0 bridgehead atoms. The number of hydrogen-bond acceptors (Lipinski definition) is 6. The lowest BCUT2D eigenvalue weighted by atomic mass is 10.2. The van der Waals surface area contributed by atoms with Crippen molar-refractivity contribution in [3.8, 4) is 17.2 Å². The van der Waals surface area contributed by atoms with Crippen LogP contribution in [0.25, 0.3) is 0 Å². The van der Waals surface area contributed by atoms with Gasteiger partial charge in [-0.15, -0.1) is 0 Å². The van der Waals surface area contributed by atoms with Crippen molar-refractivity contribution in [1.82, 2.24) is 14.9 Å². The van der Waals surface area contributed by atoms with Gasteiger partial charge >= 0.3 is 0 Å². The molecular formula is C17H16N4O3S. The zero-order valence-corrected chi connectivity index (χ0v) is 14.2. The number of para-hydroxylation sites is 1. The molecule has 8 heteroatoms. The number of aromatic nitrogens is 3. The molecule has 0 saturated carbocycles. The highest BCUT2D eigenvalue weighted by atomic mass is 32.1. The van der Waals surface area contributed by atoms with Gasteiger partial charge in [-0.05, 0) is 48.1 Å². The van der Waals surface area contributed by atoms with Crippen LogP contribution in [0.2, 0.25) is 0 Å². The number of rotatable bonds is 6. The summed E-state index contributed by atoms with van der Waals surface area (Å²) in [7, 11) is 1.49. The quantitative estimate of drug-likeness (QED) is 0.524. The fourth-order valence-corrected chi connectivity index (χ4v) is 2.30. The Kier molecular flexibility index (Phi) is 5.10. The van der Waals surface area contributed by atoms with Crippen molar-refractivity contribution in [2.75, 3.05) is 7.11 Å². The van der Waals surface area contributed by atoms with Crippen molar-refractivity contribution < 1.29 is 14.6 Å². The Morgan fingerprint density at radius 2 is 2.08 bits per heavy atom. The molecule has 2 aromatic carbocycles. The van der Waals surface area contributed by atoms with Gasteiger partial charge in [-0.25, -0.2) is 5.10 Å². The Hall–Kier alpha value is -3.13. The van der Waals surface area contributed by atoms with Crippen LogP contribution in [0, 0.1) is 4.77 Å². The molecule has 1 aromatic heterocycles. The Morgan fingerprint density at radius 1 is 1.28 bits per heavy atom. The molecule has 128 valence electrons. The molecule has 0 radical (unpaired) electrons. The number of phenols is 1. The molecule has 0 saturated heterocycles. The first-order valence-corrected chi connectivity index (χ1v) is 7.83. The van der Waals surface area contributed by atoms with Crippen LogP contribution in [-0.4, -0.2) is 33.3 Å². The largest absolute Gasteiger partial charge is 0.504 e. The third-order valence-electron chi connectivity index (χ3n) is 3.35. The van der Waals surface area contributed by atoms with E-state index in [-0.39, 0.29) is 12.4 Å². The highest BCUT2D eigenvalue weighted by Crippen LogP contribution is 2.25. The van der Waals surface area contributed by atoms with Gasteiger partial charge < -0.3 is 14.6 Å². The Balaban J connectivity index is 1.78. The summed E-state index contributed by atoms with van der Waals surface area (Å²) < 4.78 is 12.6. The molecule has 3 aromatic rings. The maximum absolute atomic E-state index is 9.63. The van der Waals surface area contributed by atoms with Crippen LogP contribution in [0.15, 0.2) is 53.6 Å². The number of aromatic hydroxyl groups is 1. The van der Waals surface area contributed by atoms with E-state index < -0.39 is 0 Å². The lowest BCUT2D eigenvalue weighted by molar-refractivity contribution is 0.290. The molecule has 0 fully saturated rings. The first-order valence-electron chi connectivity index (χ1n) is 7.43. The van der Waals surface area contributed by atoms with Gasteiger partial charge in [0.1, 0.15) is 12.4 Å². The maximum atomic E-state index is 9.63. The molecule has 2 N–H and O–H groups in total. The number of ether oxygens (including phenoxy) is 2. The average molecular weight is 356 g/mol. The van der Waals surface area contributed by atoms with E-state index in [1.54, 1.807) is 18.3 Å². The first kappa shape index (κ1) is 16.7. The van der Waals surface area contributed by atoms with Crippen LogP contribution in [0.5, 0.6) is 17.2 Å². The number of benzene rings is 2. The van der Waals surface area contributed by atoms with Crippen molar-refractivity contribution in [2.24, 2.45) is 5.10 Å². The topological polar surface area (TPSA) is 84.7 Å². The highest BCUT2D eigenvalue weighted by Gasteiger charge is 2.06. The van der Waals surface area contributed by atoms with Crippen LogP contribution in [-0.2, 0) is 6.61 Å². The number of H-pyrrole nitrogens is 1. The maximum Gasteiger partial charge on any atom is 0.216 e. The predicted molar refractivity (Wildman–Crippen MR) is 95.8 cm³/mol. The third kappa shape index (κ3) is 4.04. The zero-order chi connectivity index (χ0) is 17.6. The summed E-state index contributed by atoms with van der Waals surface area (Å²) in [6, 6.07) is 14.3. The highest BCUT2D eigenvalue weighted by molar-refractivity contribution is 7.71. The molecule has 25 heavy (non-hydrogen) atoms. The van der Waals surface area contributed by atoms with E-state index in [9.17, 15) is 5.11 Å². The molecule has 7 nitrogen and oxygen atoms in total. The van der Waals surface area contributed by atoms with Gasteiger partial charge in [0.25, 0.3) is 0 Å². The third-order valence-corrected chi connectivity index (χ3v) is 3.62. The number of aromatic amines is 1. The molecule has 0 atom stereocenters. The first-order chi connectivity index (χ1) is 12.2. The zero-order valence-electron chi connectivity index (χ0n) is 13.4. The number of hydrogen-bond donors (Lipinski definition) is 2. The second-order valence-electron chi connectivity index (χ2n) is 5.03. The number of phenolic OH excluding ortho intramolecular Hbond substituents is 1. The fourth-order valence-electron chi connectivity index (χ4n) is 2.10. The molecule has 0 aliphatic carbocycles. The van der Waals surface area contributed by atoms with Crippen LogP contribution in [0.3, 0.4) is 0 Å². The van der Waals surface area contributed by atoms with Gasteiger partial charge in [-0.1, -0.05) is 18.2 Å². The van der Waals surface area contributed by atoms with Crippen LogP contribution < -0.4 is 9.47 Å². The normalized spacial score (nSPS) is 10.9. The molecule has 0 aliphatic heterocycles. The SMILES string of the molecule is COc1cc(/C=N\n2c(COc3ccccc3)n[nH]c2=S)ccc1O. The predicted octanol–water partition coefficient (Wildman–Crippen LogP) is 3.12. The molecule has 1 heterocycles. The monoisotopic (exact) mass is 356 g/mol. The van der Waals surface area contributed by atoms with Crippen molar-refractivity contribution in [3.63, 3.8) is 0 Å². The van der Waals surface area contributed by atoms with E-state index in [0.29, 0.717) is 16.3 Å². The smallest absolute Gasteiger partial charge is 0.216 e.